The molecule has 0 radical (unpaired) electrons. The van der Waals surface area contributed by atoms with Gasteiger partial charge in [0.1, 0.15) is 0 Å². The molecule has 13 nitrogen and oxygen atoms in total. The topological polar surface area (TPSA) is 168 Å². The van der Waals surface area contributed by atoms with Crippen LogP contribution in [-0.4, -0.2) is 64.8 Å². The Labute approximate surface area is 859 Å². The third-order valence-electron chi connectivity index (χ3n) is 24.6. The zero-order valence-electron chi connectivity index (χ0n) is 76.7. The highest BCUT2D eigenvalue weighted by atomic mass is 35.5. The van der Waals surface area contributed by atoms with Crippen LogP contribution in [0.25, 0.3) is 221 Å². The zero-order chi connectivity index (χ0) is 97.6. The summed E-state index contributed by atoms with van der Waals surface area (Å²) in [7, 11) is 0. The molecule has 0 spiro atoms. The molecule has 0 saturated carbocycles. The summed E-state index contributed by atoms with van der Waals surface area (Å²) < 4.78 is 0. The van der Waals surface area contributed by atoms with Crippen LogP contribution in [0.15, 0.2) is 480 Å². The standard InChI is InChI=1S/3C24H15ClN2.2C20H13ClN2.C13H8ClN3/c25-24-26-22-14-4-3-12-21(22)23(27-24)18-10-5-9-17(15-18)20-13-6-8-16-7-1-2-11-19(16)20;25-24-26-22-11-4-3-9-21(22)23(27-24)18-14-12-17(13-15-18)20-10-5-7-16-6-1-2-8-19(16)20;25-24-26-22-8-4-3-7-21(22)23(27-24)18-12-9-17(10-13-18)20-14-11-16-5-1-2-6-19(16)15-20;21-20-22-18-12-5-4-11-17(18)19(23-20)16-10-6-9-15(13-16)14-7-2-1-3-8-14;21-20-22-18-9-5-4-8-17(18)19(23-20)16-12-10-15(11-13-16)14-6-2-1-3-7-14;14-13-16-11-6-2-1-5-10(11)12(17-13)9-4-3-7-15-8-9/h3*1-15H;2*1-13H;1-8H. The number of pyridine rings is 1. The van der Waals surface area contributed by atoms with Gasteiger partial charge in [0.25, 0.3) is 0 Å². The van der Waals surface area contributed by atoms with Gasteiger partial charge in [0.15, 0.2) is 0 Å². The van der Waals surface area contributed by atoms with E-state index in [-0.39, 0.29) is 31.7 Å². The average Bonchev–Trinajstić information content (AvgIpc) is 0.793. The van der Waals surface area contributed by atoms with E-state index in [1.165, 1.54) is 76.8 Å². The van der Waals surface area contributed by atoms with Crippen molar-refractivity contribution < 1.29 is 0 Å². The maximum absolute atomic E-state index is 6.19. The van der Waals surface area contributed by atoms with Gasteiger partial charge in [-0.15, -0.1) is 0 Å². The monoisotopic (exact) mass is 1970 g/mol. The van der Waals surface area contributed by atoms with Gasteiger partial charge in [-0.2, -0.15) is 0 Å². The highest BCUT2D eigenvalue weighted by Gasteiger charge is 2.19. The largest absolute Gasteiger partial charge is 0.264 e. The van der Waals surface area contributed by atoms with Crippen molar-refractivity contribution >= 4 is 167 Å². The highest BCUT2D eigenvalue weighted by Crippen LogP contribution is 2.40. The second-order valence-corrected chi connectivity index (χ2v) is 35.7. The summed E-state index contributed by atoms with van der Waals surface area (Å²) in [6.45, 7) is 0. The minimum atomic E-state index is 0.252. The summed E-state index contributed by atoms with van der Waals surface area (Å²) in [5.41, 5.74) is 28.2. The van der Waals surface area contributed by atoms with E-state index >= 15 is 0 Å². The number of nitrogens with zero attached hydrogens (tertiary/aromatic N) is 13. The lowest BCUT2D eigenvalue weighted by Gasteiger charge is -2.10. The first-order chi connectivity index (χ1) is 70.8. The Balaban J connectivity index is 0.000000102. The quantitative estimate of drug-likeness (QED) is 0.112. The first-order valence-corrected chi connectivity index (χ1v) is 48.6. The van der Waals surface area contributed by atoms with E-state index in [1.807, 2.05) is 200 Å². The first kappa shape index (κ1) is 93.2. The van der Waals surface area contributed by atoms with Gasteiger partial charge in [0.2, 0.25) is 31.7 Å². The van der Waals surface area contributed by atoms with Crippen molar-refractivity contribution in [2.75, 3.05) is 0 Å². The molecule has 7 heterocycles. The molecule has 19 heteroatoms. The Morgan fingerprint density at radius 2 is 0.368 bits per heavy atom. The maximum atomic E-state index is 6.19. The van der Waals surface area contributed by atoms with Crippen LogP contribution in [-0.2, 0) is 0 Å². The van der Waals surface area contributed by atoms with Gasteiger partial charge in [0.05, 0.1) is 67.3 Å². The molecule has 686 valence electrons. The fourth-order valence-corrected chi connectivity index (χ4v) is 18.9. The van der Waals surface area contributed by atoms with Crippen LogP contribution in [0.2, 0.25) is 31.7 Å². The third kappa shape index (κ3) is 21.2. The smallest absolute Gasteiger partial charge is 0.223 e. The van der Waals surface area contributed by atoms with E-state index in [0.29, 0.717) is 0 Å². The molecule has 19 aromatic carbocycles. The summed E-state index contributed by atoms with van der Waals surface area (Å²) >= 11 is 36.6. The van der Waals surface area contributed by atoms with Gasteiger partial charge in [0, 0.05) is 78.1 Å². The van der Waals surface area contributed by atoms with Crippen molar-refractivity contribution in [3.8, 4) is 123 Å². The van der Waals surface area contributed by atoms with E-state index in [9.17, 15) is 0 Å². The molecule has 7 aromatic heterocycles. The Morgan fingerprint density at radius 1 is 0.132 bits per heavy atom. The molecule has 144 heavy (non-hydrogen) atoms. The fourth-order valence-electron chi connectivity index (χ4n) is 17.8. The normalized spacial score (nSPS) is 11.0. The lowest BCUT2D eigenvalue weighted by atomic mass is 9.96. The van der Waals surface area contributed by atoms with Crippen LogP contribution in [0, 0.1) is 0 Å². The number of rotatable bonds is 11. The third-order valence-corrected chi connectivity index (χ3v) is 25.7. The van der Waals surface area contributed by atoms with Gasteiger partial charge < -0.3 is 0 Å². The van der Waals surface area contributed by atoms with E-state index < -0.39 is 0 Å². The molecule has 0 unspecified atom stereocenters. The SMILES string of the molecule is Clc1nc(-c2ccc(-c3ccc4ccccc4c3)cc2)c2ccccc2n1.Clc1nc(-c2ccc(-c3cccc4ccccc34)cc2)c2ccccc2n1.Clc1nc(-c2ccc(-c3ccccc3)cc2)c2ccccc2n1.Clc1nc(-c2cccc(-c3cccc4ccccc34)c2)c2ccccc2n1.Clc1nc(-c2cccc(-c3ccccc3)c2)c2ccccc2n1.Clc1nc(-c2cccnc2)c2ccccc2n1. The average molecular weight is 1980 g/mol. The van der Waals surface area contributed by atoms with Crippen LogP contribution in [0.3, 0.4) is 0 Å². The number of halogens is 6. The van der Waals surface area contributed by atoms with Gasteiger partial charge in [-0.25, -0.2) is 59.8 Å². The Hall–Kier alpha value is -17.1. The highest BCUT2D eigenvalue weighted by molar-refractivity contribution is 6.31. The van der Waals surface area contributed by atoms with E-state index in [0.717, 1.165) is 144 Å². The second kappa shape index (κ2) is 43.3. The molecule has 26 rings (SSSR count). The number of hydrogen-bond donors (Lipinski definition) is 0. The van der Waals surface area contributed by atoms with Crippen LogP contribution in [0.1, 0.15) is 0 Å². The molecule has 0 saturated heterocycles. The van der Waals surface area contributed by atoms with Crippen molar-refractivity contribution in [2.45, 2.75) is 0 Å². The van der Waals surface area contributed by atoms with E-state index in [2.05, 4.69) is 332 Å². The van der Waals surface area contributed by atoms with Crippen molar-refractivity contribution in [1.82, 2.24) is 64.8 Å². The number of hydrogen-bond acceptors (Lipinski definition) is 13. The Bertz CT molecular complexity index is 9160. The summed E-state index contributed by atoms with van der Waals surface area (Å²) in [6, 6.07) is 159. The lowest BCUT2D eigenvalue weighted by molar-refractivity contribution is 1.21. The molecular formula is C125H79Cl6N13. The summed E-state index contributed by atoms with van der Waals surface area (Å²) in [4.78, 5) is 56.5. The molecule has 0 bridgehead atoms. The van der Waals surface area contributed by atoms with Crippen molar-refractivity contribution in [3.05, 3.63) is 511 Å². The van der Waals surface area contributed by atoms with Crippen molar-refractivity contribution in [3.63, 3.8) is 0 Å². The molecule has 0 N–H and O–H groups in total. The van der Waals surface area contributed by atoms with Crippen molar-refractivity contribution in [2.24, 2.45) is 0 Å². The van der Waals surface area contributed by atoms with Crippen LogP contribution < -0.4 is 0 Å². The molecule has 0 fully saturated rings. The minimum Gasteiger partial charge on any atom is -0.264 e. The summed E-state index contributed by atoms with van der Waals surface area (Å²) in [5.74, 6) is 0. The van der Waals surface area contributed by atoms with Crippen LogP contribution in [0.5, 0.6) is 0 Å². The lowest BCUT2D eigenvalue weighted by Crippen LogP contribution is -1.91. The van der Waals surface area contributed by atoms with Crippen LogP contribution in [0.4, 0.5) is 0 Å². The maximum Gasteiger partial charge on any atom is 0.223 e. The molecule has 0 aliphatic heterocycles. The Kier molecular flexibility index (Phi) is 28.0. The Morgan fingerprint density at radius 3 is 0.750 bits per heavy atom. The molecule has 0 aliphatic carbocycles. The minimum absolute atomic E-state index is 0.252. The second-order valence-electron chi connectivity index (χ2n) is 33.6. The van der Waals surface area contributed by atoms with Crippen LogP contribution >= 0.6 is 69.6 Å². The number of benzene rings is 19. The molecule has 0 amide bonds. The predicted octanol–water partition coefficient (Wildman–Crippen LogP) is 34.9. The van der Waals surface area contributed by atoms with E-state index in [4.69, 9.17) is 69.6 Å². The van der Waals surface area contributed by atoms with Crippen molar-refractivity contribution in [1.29, 1.82) is 0 Å². The molecule has 26 aromatic rings. The predicted molar refractivity (Wildman–Crippen MR) is 597 cm³/mol. The number of aromatic nitrogens is 13. The van der Waals surface area contributed by atoms with Gasteiger partial charge >= 0.3 is 0 Å². The molecule has 0 aliphatic rings. The number of fused-ring (bicyclic) bond motifs is 9. The number of para-hydroxylation sites is 6. The molecular weight excluding hydrogens is 1900 g/mol. The zero-order valence-corrected chi connectivity index (χ0v) is 81.2. The van der Waals surface area contributed by atoms with Gasteiger partial charge in [-0.3, -0.25) is 4.98 Å². The first-order valence-electron chi connectivity index (χ1n) is 46.4. The molecule has 0 atom stereocenters. The summed E-state index contributed by atoms with van der Waals surface area (Å²) in [5, 5.41) is 15.0. The van der Waals surface area contributed by atoms with E-state index in [1.54, 1.807) is 12.4 Å². The van der Waals surface area contributed by atoms with Gasteiger partial charge in [-0.05, 0) is 224 Å². The fraction of sp³-hybridized carbons (Fsp3) is 0. The summed E-state index contributed by atoms with van der Waals surface area (Å²) in [6.07, 6.45) is 3.50. The van der Waals surface area contributed by atoms with Gasteiger partial charge in [-0.1, -0.05) is 400 Å².